The molecule has 2 aromatic carbocycles. The third-order valence-corrected chi connectivity index (χ3v) is 5.19. The summed E-state index contributed by atoms with van der Waals surface area (Å²) in [5.74, 6) is -1.41. The fourth-order valence-corrected chi connectivity index (χ4v) is 3.28. The first-order valence-corrected chi connectivity index (χ1v) is 12.8. The van der Waals surface area contributed by atoms with Gasteiger partial charge < -0.3 is 9.47 Å². The van der Waals surface area contributed by atoms with Crippen LogP contribution < -0.4 is 0 Å². The van der Waals surface area contributed by atoms with Crippen molar-refractivity contribution in [3.8, 4) is 0 Å². The molecule has 0 bridgehead atoms. The van der Waals surface area contributed by atoms with Crippen LogP contribution in [-0.4, -0.2) is 38.4 Å². The van der Waals surface area contributed by atoms with Crippen LogP contribution in [-0.2, 0) is 41.9 Å². The monoisotopic (exact) mass is 514 g/mol. The molecule has 0 aliphatic rings. The highest BCUT2D eigenvalue weighted by Crippen LogP contribution is 2.16. The summed E-state index contributed by atoms with van der Waals surface area (Å²) in [5.41, 5.74) is 2.89. The SMILES string of the molecule is [CH2]CCOCCCOCC[C](OOC(=O)c1ccc(CCC)cc1)OOC(=O)c1ccc(CCC)cc1. The number of carbonyl (C=O) groups is 2. The van der Waals surface area contributed by atoms with E-state index >= 15 is 0 Å². The number of carbonyl (C=O) groups excluding carboxylic acids is 2. The van der Waals surface area contributed by atoms with Gasteiger partial charge in [0.05, 0.1) is 17.7 Å². The lowest BCUT2D eigenvalue weighted by molar-refractivity contribution is -0.364. The minimum atomic E-state index is -0.703. The second-order valence-electron chi connectivity index (χ2n) is 8.36. The number of hydrogen-bond donors (Lipinski definition) is 0. The van der Waals surface area contributed by atoms with Gasteiger partial charge in [-0.25, -0.2) is 9.59 Å². The van der Waals surface area contributed by atoms with Crippen LogP contribution in [0, 0.1) is 13.2 Å². The van der Waals surface area contributed by atoms with E-state index in [2.05, 4.69) is 20.8 Å². The maximum absolute atomic E-state index is 12.4. The van der Waals surface area contributed by atoms with Crippen LogP contribution >= 0.6 is 0 Å². The van der Waals surface area contributed by atoms with Gasteiger partial charge in [-0.1, -0.05) is 57.9 Å². The van der Waals surface area contributed by atoms with Gasteiger partial charge in [0.15, 0.2) is 0 Å². The maximum atomic E-state index is 12.4. The second kappa shape index (κ2) is 18.5. The number of rotatable bonds is 19. The molecule has 37 heavy (non-hydrogen) atoms. The van der Waals surface area contributed by atoms with Gasteiger partial charge >= 0.3 is 18.2 Å². The van der Waals surface area contributed by atoms with Gasteiger partial charge in [0.1, 0.15) is 0 Å². The lowest BCUT2D eigenvalue weighted by Gasteiger charge is -2.14. The Morgan fingerprint density at radius 1 is 0.649 bits per heavy atom. The van der Waals surface area contributed by atoms with Gasteiger partial charge in [-0.3, -0.25) is 9.78 Å². The largest absolute Gasteiger partial charge is 0.381 e. The predicted molar refractivity (Wildman–Crippen MR) is 138 cm³/mol. The van der Waals surface area contributed by atoms with E-state index in [0.29, 0.717) is 37.4 Å². The van der Waals surface area contributed by atoms with E-state index in [9.17, 15) is 9.59 Å². The Labute approximate surface area is 220 Å². The summed E-state index contributed by atoms with van der Waals surface area (Å²) in [6.07, 6.45) is 5.15. The molecule has 8 heteroatoms. The van der Waals surface area contributed by atoms with Crippen LogP contribution in [0.2, 0.25) is 0 Å². The first-order valence-electron chi connectivity index (χ1n) is 12.8. The zero-order valence-electron chi connectivity index (χ0n) is 21.9. The van der Waals surface area contributed by atoms with Gasteiger partial charge in [0.25, 0.3) is 0 Å². The summed E-state index contributed by atoms with van der Waals surface area (Å²) in [5, 5.41) is 0. The molecule has 0 heterocycles. The first-order chi connectivity index (χ1) is 18.1. The molecule has 0 saturated carbocycles. The predicted octanol–water partition coefficient (Wildman–Crippen LogP) is 6.00. The number of hydrogen-bond acceptors (Lipinski definition) is 8. The quantitative estimate of drug-likeness (QED) is 0.128. The summed E-state index contributed by atoms with van der Waals surface area (Å²) >= 11 is 0. The molecule has 0 aliphatic heterocycles. The van der Waals surface area contributed by atoms with E-state index in [4.69, 9.17) is 29.0 Å². The Balaban J connectivity index is 1.86. The summed E-state index contributed by atoms with van der Waals surface area (Å²) in [7, 11) is 0. The van der Waals surface area contributed by atoms with Crippen LogP contribution in [0.25, 0.3) is 0 Å². The maximum Gasteiger partial charge on any atom is 0.373 e. The molecule has 0 atom stereocenters. The lowest BCUT2D eigenvalue weighted by atomic mass is 10.1. The van der Waals surface area contributed by atoms with Crippen molar-refractivity contribution in [1.82, 2.24) is 0 Å². The van der Waals surface area contributed by atoms with Crippen molar-refractivity contribution >= 4 is 11.9 Å². The smallest absolute Gasteiger partial charge is 0.373 e. The number of benzene rings is 2. The third kappa shape index (κ3) is 12.3. The minimum absolute atomic E-state index is 0.0746. The van der Waals surface area contributed by atoms with Gasteiger partial charge in [0.2, 0.25) is 0 Å². The topological polar surface area (TPSA) is 89.5 Å². The van der Waals surface area contributed by atoms with Crippen LogP contribution in [0.1, 0.15) is 77.8 Å². The highest BCUT2D eigenvalue weighted by molar-refractivity contribution is 5.89. The molecule has 0 spiro atoms. The fraction of sp³-hybridized carbons (Fsp3) is 0.448. The van der Waals surface area contributed by atoms with Crippen LogP contribution in [0.3, 0.4) is 0 Å². The molecule has 0 aliphatic carbocycles. The Morgan fingerprint density at radius 2 is 1.11 bits per heavy atom. The molecule has 202 valence electrons. The highest BCUT2D eigenvalue weighted by Gasteiger charge is 2.22. The molecule has 0 fully saturated rings. The molecule has 0 unspecified atom stereocenters. The zero-order valence-corrected chi connectivity index (χ0v) is 21.9. The average Bonchev–Trinajstić information content (AvgIpc) is 2.92. The Bertz CT molecular complexity index is 830. The molecule has 2 radical (unpaired) electrons. The van der Waals surface area contributed by atoms with E-state index in [1.807, 2.05) is 24.3 Å². The van der Waals surface area contributed by atoms with Gasteiger partial charge in [-0.05, 0) is 61.1 Å². The summed E-state index contributed by atoms with van der Waals surface area (Å²) in [6, 6.07) is 14.1. The molecular weight excluding hydrogens is 476 g/mol. The van der Waals surface area contributed by atoms with E-state index in [-0.39, 0.29) is 19.3 Å². The summed E-state index contributed by atoms with van der Waals surface area (Å²) in [4.78, 5) is 44.8. The fourth-order valence-electron chi connectivity index (χ4n) is 3.28. The number of aryl methyl sites for hydroxylation is 2. The molecular formula is C29H38O8. The minimum Gasteiger partial charge on any atom is -0.381 e. The van der Waals surface area contributed by atoms with E-state index in [1.54, 1.807) is 24.3 Å². The Morgan fingerprint density at radius 3 is 1.54 bits per heavy atom. The zero-order chi connectivity index (χ0) is 26.7. The standard InChI is InChI=1S/C29H38O8/c1-4-8-23-10-14-25(15-11-23)28(30)36-34-27(18-22-33-21-7-20-32-19-6-3)35-37-29(31)26-16-12-24(9-5-2)13-17-26/h10-17H,3-9,18-22H2,1-2H3. The van der Waals surface area contributed by atoms with Crippen LogP contribution in [0.5, 0.6) is 0 Å². The van der Waals surface area contributed by atoms with Crippen molar-refractivity contribution in [2.24, 2.45) is 0 Å². The third-order valence-electron chi connectivity index (χ3n) is 5.19. The molecule has 2 rings (SSSR count). The molecule has 2 aromatic rings. The van der Waals surface area contributed by atoms with E-state index in [1.165, 1.54) is 0 Å². The van der Waals surface area contributed by atoms with Crippen molar-refractivity contribution in [2.75, 3.05) is 26.4 Å². The number of ether oxygens (including phenoxy) is 2. The highest BCUT2D eigenvalue weighted by atomic mass is 17.3. The van der Waals surface area contributed by atoms with Gasteiger partial charge in [-0.15, -0.1) is 9.78 Å². The average molecular weight is 515 g/mol. The lowest BCUT2D eigenvalue weighted by Crippen LogP contribution is -2.18. The van der Waals surface area contributed by atoms with Crippen LogP contribution in [0.4, 0.5) is 0 Å². The summed E-state index contributed by atoms with van der Waals surface area (Å²) < 4.78 is 10.9. The van der Waals surface area contributed by atoms with Crippen molar-refractivity contribution < 1.29 is 38.6 Å². The second-order valence-corrected chi connectivity index (χ2v) is 8.36. The molecule has 0 amide bonds. The van der Waals surface area contributed by atoms with Crippen LogP contribution in [0.15, 0.2) is 48.5 Å². The Hall–Kier alpha value is -2.78. The normalized spacial score (nSPS) is 11.0. The summed E-state index contributed by atoms with van der Waals surface area (Å²) in [6.45, 7) is 9.72. The van der Waals surface area contributed by atoms with Gasteiger partial charge in [0, 0.05) is 26.2 Å². The van der Waals surface area contributed by atoms with Crippen molar-refractivity contribution in [3.63, 3.8) is 0 Å². The molecule has 0 N–H and O–H groups in total. The van der Waals surface area contributed by atoms with Crippen molar-refractivity contribution in [3.05, 3.63) is 84.0 Å². The molecule has 0 aromatic heterocycles. The van der Waals surface area contributed by atoms with Gasteiger partial charge in [-0.2, -0.15) is 0 Å². The van der Waals surface area contributed by atoms with Crippen molar-refractivity contribution in [2.45, 2.75) is 58.8 Å². The molecule has 8 nitrogen and oxygen atoms in total. The Kier molecular flexibility index (Phi) is 15.2. The first kappa shape index (κ1) is 30.4. The van der Waals surface area contributed by atoms with E-state index in [0.717, 1.165) is 43.2 Å². The van der Waals surface area contributed by atoms with E-state index < -0.39 is 11.9 Å². The molecule has 0 saturated heterocycles. The van der Waals surface area contributed by atoms with Crippen molar-refractivity contribution in [1.29, 1.82) is 0 Å².